The molecule has 0 fully saturated rings. The minimum atomic E-state index is 0.741. The second-order valence-electron chi connectivity index (χ2n) is 2.84. The molecule has 2 nitrogen and oxygen atoms in total. The topological polar surface area (TPSA) is 28.7 Å². The Morgan fingerprint density at radius 2 is 2.55 bits per heavy atom. The van der Waals surface area contributed by atoms with Gasteiger partial charge in [-0.15, -0.1) is 0 Å². The first kappa shape index (κ1) is 8.65. The molecule has 1 heterocycles. The summed E-state index contributed by atoms with van der Waals surface area (Å²) in [4.78, 5) is 7.08. The molecule has 0 aliphatic rings. The molecule has 1 atom stereocenters. The Morgan fingerprint density at radius 3 is 3.09 bits per heavy atom. The number of aromatic nitrogens is 2. The summed E-state index contributed by atoms with van der Waals surface area (Å²) in [5.74, 6) is 1.96. The Balaban J connectivity index is 2.31. The van der Waals surface area contributed by atoms with E-state index in [-0.39, 0.29) is 0 Å². The molecule has 0 saturated heterocycles. The van der Waals surface area contributed by atoms with Crippen LogP contribution in [0.2, 0.25) is 0 Å². The van der Waals surface area contributed by atoms with Crippen molar-refractivity contribution in [3.05, 3.63) is 18.2 Å². The zero-order chi connectivity index (χ0) is 8.10. The van der Waals surface area contributed by atoms with Gasteiger partial charge in [-0.25, -0.2) is 4.98 Å². The number of H-pyrrole nitrogens is 1. The molecule has 1 N–H and O–H groups in total. The number of nitrogens with zero attached hydrogens (tertiary/aromatic N) is 1. The van der Waals surface area contributed by atoms with Crippen molar-refractivity contribution in [2.45, 2.75) is 13.3 Å². The number of rotatable bonds is 4. The Labute approximate surface area is 71.8 Å². The number of hydrogen-bond donors (Lipinski definition) is 1. The highest BCUT2D eigenvalue weighted by Gasteiger charge is 2.02. The molecule has 0 aliphatic heterocycles. The Hall–Kier alpha value is -0.440. The third-order valence-corrected chi connectivity index (χ3v) is 2.48. The number of imidazole rings is 1. The van der Waals surface area contributed by atoms with Crippen LogP contribution >= 0.6 is 11.8 Å². The Kier molecular flexibility index (Phi) is 3.49. The molecule has 1 rings (SSSR count). The lowest BCUT2D eigenvalue weighted by Gasteiger charge is -2.06. The van der Waals surface area contributed by atoms with Gasteiger partial charge >= 0.3 is 0 Å². The average molecular weight is 170 g/mol. The molecule has 0 radical (unpaired) electrons. The molecule has 0 spiro atoms. The van der Waals surface area contributed by atoms with Crippen LogP contribution in [0.1, 0.15) is 12.6 Å². The largest absolute Gasteiger partial charge is 0.348 e. The molecule has 0 amide bonds. The highest BCUT2D eigenvalue weighted by molar-refractivity contribution is 7.98. The molecule has 62 valence electrons. The van der Waals surface area contributed by atoms with E-state index in [1.807, 2.05) is 18.0 Å². The fraction of sp³-hybridized carbons (Fsp3) is 0.625. The van der Waals surface area contributed by atoms with Crippen LogP contribution in [0.5, 0.6) is 0 Å². The van der Waals surface area contributed by atoms with Gasteiger partial charge in [0.05, 0.1) is 6.33 Å². The van der Waals surface area contributed by atoms with E-state index in [0.29, 0.717) is 0 Å². The van der Waals surface area contributed by atoms with Crippen molar-refractivity contribution >= 4 is 11.8 Å². The predicted molar refractivity (Wildman–Crippen MR) is 49.8 cm³/mol. The molecule has 11 heavy (non-hydrogen) atoms. The summed E-state index contributed by atoms with van der Waals surface area (Å²) in [7, 11) is 0. The lowest BCUT2D eigenvalue weighted by atomic mass is 10.1. The summed E-state index contributed by atoms with van der Waals surface area (Å²) >= 11 is 1.90. The summed E-state index contributed by atoms with van der Waals surface area (Å²) in [6, 6.07) is 0. The van der Waals surface area contributed by atoms with E-state index in [0.717, 1.165) is 12.3 Å². The normalized spacial score (nSPS) is 13.3. The van der Waals surface area contributed by atoms with Crippen molar-refractivity contribution in [2.24, 2.45) is 5.92 Å². The predicted octanol–water partition coefficient (Wildman–Crippen LogP) is 1.95. The quantitative estimate of drug-likeness (QED) is 0.748. The standard InChI is InChI=1S/C8H14N2S/c1-7(5-11-2)3-8-4-9-6-10-8/h4,6-7H,3,5H2,1-2H3,(H,9,10). The first-order valence-corrected chi connectivity index (χ1v) is 5.18. The lowest BCUT2D eigenvalue weighted by Crippen LogP contribution is -2.02. The SMILES string of the molecule is CSCC(C)Cc1cnc[nH]1. The van der Waals surface area contributed by atoms with Gasteiger partial charge in [-0.1, -0.05) is 6.92 Å². The second kappa shape index (κ2) is 4.44. The minimum absolute atomic E-state index is 0.741. The molecule has 1 aromatic heterocycles. The summed E-state index contributed by atoms with van der Waals surface area (Å²) in [5.41, 5.74) is 1.24. The third kappa shape index (κ3) is 2.97. The second-order valence-corrected chi connectivity index (χ2v) is 3.75. The van der Waals surface area contributed by atoms with Crippen LogP contribution in [-0.4, -0.2) is 22.0 Å². The highest BCUT2D eigenvalue weighted by atomic mass is 32.2. The monoisotopic (exact) mass is 170 g/mol. The van der Waals surface area contributed by atoms with E-state index in [2.05, 4.69) is 23.1 Å². The zero-order valence-electron chi connectivity index (χ0n) is 7.00. The van der Waals surface area contributed by atoms with E-state index < -0.39 is 0 Å². The summed E-state index contributed by atoms with van der Waals surface area (Å²) in [5, 5.41) is 0. The van der Waals surface area contributed by atoms with E-state index in [1.54, 1.807) is 6.33 Å². The fourth-order valence-corrected chi connectivity index (χ4v) is 1.80. The van der Waals surface area contributed by atoms with Gasteiger partial charge in [0.15, 0.2) is 0 Å². The maximum atomic E-state index is 3.97. The first-order valence-electron chi connectivity index (χ1n) is 3.79. The summed E-state index contributed by atoms with van der Waals surface area (Å²) in [6.45, 7) is 2.26. The van der Waals surface area contributed by atoms with Crippen LogP contribution in [-0.2, 0) is 6.42 Å². The van der Waals surface area contributed by atoms with Gasteiger partial charge in [0.1, 0.15) is 0 Å². The van der Waals surface area contributed by atoms with Crippen LogP contribution < -0.4 is 0 Å². The molecular weight excluding hydrogens is 156 g/mol. The molecule has 1 aromatic rings. The molecule has 0 bridgehead atoms. The van der Waals surface area contributed by atoms with Gasteiger partial charge in [0.2, 0.25) is 0 Å². The first-order chi connectivity index (χ1) is 5.33. The van der Waals surface area contributed by atoms with Gasteiger partial charge in [-0.05, 0) is 24.3 Å². The van der Waals surface area contributed by atoms with E-state index in [1.165, 1.54) is 11.4 Å². The van der Waals surface area contributed by atoms with Crippen LogP contribution in [0.15, 0.2) is 12.5 Å². The maximum Gasteiger partial charge on any atom is 0.0921 e. The van der Waals surface area contributed by atoms with Gasteiger partial charge in [-0.3, -0.25) is 0 Å². The average Bonchev–Trinajstić information content (AvgIpc) is 2.40. The van der Waals surface area contributed by atoms with Gasteiger partial charge in [0, 0.05) is 11.9 Å². The van der Waals surface area contributed by atoms with Crippen LogP contribution in [0.3, 0.4) is 0 Å². The Bertz CT molecular complexity index is 184. The minimum Gasteiger partial charge on any atom is -0.348 e. The van der Waals surface area contributed by atoms with Crippen LogP contribution in [0.25, 0.3) is 0 Å². The van der Waals surface area contributed by atoms with Crippen LogP contribution in [0.4, 0.5) is 0 Å². The number of nitrogens with one attached hydrogen (secondary N) is 1. The van der Waals surface area contributed by atoms with Crippen molar-refractivity contribution < 1.29 is 0 Å². The van der Waals surface area contributed by atoms with Crippen LogP contribution in [0, 0.1) is 5.92 Å². The third-order valence-electron chi connectivity index (χ3n) is 1.57. The summed E-state index contributed by atoms with van der Waals surface area (Å²) < 4.78 is 0. The zero-order valence-corrected chi connectivity index (χ0v) is 7.82. The molecule has 3 heteroatoms. The molecule has 1 unspecified atom stereocenters. The number of thioether (sulfide) groups is 1. The van der Waals surface area contributed by atoms with Crippen molar-refractivity contribution in [3.63, 3.8) is 0 Å². The van der Waals surface area contributed by atoms with E-state index in [4.69, 9.17) is 0 Å². The van der Waals surface area contributed by atoms with Crippen molar-refractivity contribution in [2.75, 3.05) is 12.0 Å². The smallest absolute Gasteiger partial charge is 0.0921 e. The molecule has 0 saturated carbocycles. The van der Waals surface area contributed by atoms with Gasteiger partial charge < -0.3 is 4.98 Å². The highest BCUT2D eigenvalue weighted by Crippen LogP contribution is 2.09. The summed E-state index contributed by atoms with van der Waals surface area (Å²) in [6.07, 6.45) is 6.89. The van der Waals surface area contributed by atoms with E-state index in [9.17, 15) is 0 Å². The molecule has 0 aromatic carbocycles. The molecule has 0 aliphatic carbocycles. The van der Waals surface area contributed by atoms with Gasteiger partial charge in [-0.2, -0.15) is 11.8 Å². The fourth-order valence-electron chi connectivity index (χ4n) is 1.12. The van der Waals surface area contributed by atoms with Crippen molar-refractivity contribution in [3.8, 4) is 0 Å². The number of aromatic amines is 1. The van der Waals surface area contributed by atoms with E-state index >= 15 is 0 Å². The van der Waals surface area contributed by atoms with Crippen molar-refractivity contribution in [1.82, 2.24) is 9.97 Å². The number of hydrogen-bond acceptors (Lipinski definition) is 2. The van der Waals surface area contributed by atoms with Gasteiger partial charge in [0.25, 0.3) is 0 Å². The Morgan fingerprint density at radius 1 is 1.73 bits per heavy atom. The molecular formula is C8H14N2S. The van der Waals surface area contributed by atoms with Crippen molar-refractivity contribution in [1.29, 1.82) is 0 Å². The maximum absolute atomic E-state index is 3.97. The lowest BCUT2D eigenvalue weighted by molar-refractivity contribution is 0.649.